The van der Waals surface area contributed by atoms with Crippen molar-refractivity contribution in [3.63, 3.8) is 0 Å². The molecule has 0 amide bonds. The van der Waals surface area contributed by atoms with Crippen molar-refractivity contribution in [3.05, 3.63) is 23.8 Å². The van der Waals surface area contributed by atoms with Crippen LogP contribution in [0.25, 0.3) is 0 Å². The molecule has 0 radical (unpaired) electrons. The minimum absolute atomic E-state index is 0.120. The number of hydrogen-bond acceptors (Lipinski definition) is 3. The van der Waals surface area contributed by atoms with E-state index in [0.717, 1.165) is 6.21 Å². The van der Waals surface area contributed by atoms with Gasteiger partial charge in [0.15, 0.2) is 11.9 Å². The first kappa shape index (κ1) is 15.5. The third-order valence-corrected chi connectivity index (χ3v) is 3.08. The van der Waals surface area contributed by atoms with E-state index in [4.69, 9.17) is 4.74 Å². The van der Waals surface area contributed by atoms with Crippen LogP contribution in [0.2, 0.25) is 0 Å². The maximum atomic E-state index is 13.3. The zero-order chi connectivity index (χ0) is 15.8. The lowest BCUT2D eigenvalue weighted by Gasteiger charge is -2.24. The summed E-state index contributed by atoms with van der Waals surface area (Å²) in [6.45, 7) is 5.31. The number of fused-ring (bicyclic) bond motifs is 1. The molecule has 0 fully saturated rings. The highest BCUT2D eigenvalue weighted by molar-refractivity contribution is 6.00. The third kappa shape index (κ3) is 3.25. The van der Waals surface area contributed by atoms with Gasteiger partial charge in [-0.2, -0.15) is 0 Å². The summed E-state index contributed by atoms with van der Waals surface area (Å²) in [6.07, 6.45) is -6.03. The summed E-state index contributed by atoms with van der Waals surface area (Å²) < 4.78 is 43.3. The summed E-state index contributed by atoms with van der Waals surface area (Å²) in [5.74, 6) is 0.0200. The number of ketones is 1. The Labute approximate surface area is 120 Å². The molecular weight excluding hydrogens is 283 g/mol. The van der Waals surface area contributed by atoms with Crippen LogP contribution in [-0.4, -0.2) is 30.7 Å². The van der Waals surface area contributed by atoms with Gasteiger partial charge in [0.2, 0.25) is 6.17 Å². The van der Waals surface area contributed by atoms with E-state index in [1.165, 1.54) is 6.07 Å². The number of rotatable bonds is 3. The molecular formula is C15H16F3NO2. The van der Waals surface area contributed by atoms with Crippen molar-refractivity contribution in [1.82, 2.24) is 0 Å². The first-order chi connectivity index (χ1) is 9.70. The highest BCUT2D eigenvalue weighted by atomic mass is 19.3. The highest BCUT2D eigenvalue weighted by Gasteiger charge is 2.33. The molecule has 1 aromatic carbocycles. The van der Waals surface area contributed by atoms with Crippen molar-refractivity contribution in [3.8, 4) is 5.75 Å². The fourth-order valence-electron chi connectivity index (χ4n) is 1.91. The van der Waals surface area contributed by atoms with Gasteiger partial charge in [0.05, 0.1) is 0 Å². The van der Waals surface area contributed by atoms with Crippen molar-refractivity contribution < 1.29 is 22.7 Å². The smallest absolute Gasteiger partial charge is 0.273 e. The molecule has 0 saturated heterocycles. The van der Waals surface area contributed by atoms with Crippen LogP contribution >= 0.6 is 0 Å². The maximum Gasteiger partial charge on any atom is 0.273 e. The summed E-state index contributed by atoms with van der Waals surface area (Å²) in [6, 6.07) is 4.56. The Morgan fingerprint density at radius 3 is 2.52 bits per heavy atom. The molecule has 0 saturated carbocycles. The molecule has 1 heterocycles. The van der Waals surface area contributed by atoms with E-state index < -0.39 is 24.1 Å². The van der Waals surface area contributed by atoms with Crippen LogP contribution in [0.15, 0.2) is 23.2 Å². The van der Waals surface area contributed by atoms with Crippen LogP contribution in [0.3, 0.4) is 0 Å². The van der Waals surface area contributed by atoms with Gasteiger partial charge in [0.1, 0.15) is 11.4 Å². The zero-order valence-corrected chi connectivity index (χ0v) is 11.9. The van der Waals surface area contributed by atoms with Crippen molar-refractivity contribution in [2.75, 3.05) is 0 Å². The van der Waals surface area contributed by atoms with E-state index in [1.807, 2.05) is 0 Å². The van der Waals surface area contributed by atoms with E-state index in [1.54, 1.807) is 32.9 Å². The average molecular weight is 299 g/mol. The minimum Gasteiger partial charge on any atom is -0.479 e. The monoisotopic (exact) mass is 299 g/mol. The Bertz CT molecular complexity index is 579. The Morgan fingerprint density at radius 1 is 1.29 bits per heavy atom. The molecule has 1 aliphatic heterocycles. The molecule has 1 aliphatic rings. The number of carbonyl (C=O) groups is 1. The number of ether oxygens (including phenoxy) is 1. The summed E-state index contributed by atoms with van der Waals surface area (Å²) >= 11 is 0. The van der Waals surface area contributed by atoms with Gasteiger partial charge in [0.25, 0.3) is 6.43 Å². The summed E-state index contributed by atoms with van der Waals surface area (Å²) in [7, 11) is 0. The van der Waals surface area contributed by atoms with Gasteiger partial charge in [-0.25, -0.2) is 13.2 Å². The second-order valence-corrected chi connectivity index (χ2v) is 5.90. The maximum absolute atomic E-state index is 13.3. The third-order valence-electron chi connectivity index (χ3n) is 3.08. The summed E-state index contributed by atoms with van der Waals surface area (Å²) in [4.78, 5) is 16.1. The number of hydrogen-bond donors (Lipinski definition) is 0. The van der Waals surface area contributed by atoms with Gasteiger partial charge in [-0.1, -0.05) is 20.8 Å². The van der Waals surface area contributed by atoms with Gasteiger partial charge in [-0.3, -0.25) is 9.79 Å². The molecule has 3 nitrogen and oxygen atoms in total. The molecule has 0 aliphatic carbocycles. The predicted octanol–water partition coefficient (Wildman–Crippen LogP) is 3.98. The van der Waals surface area contributed by atoms with Gasteiger partial charge >= 0.3 is 0 Å². The normalized spacial score (nSPS) is 19.1. The first-order valence-corrected chi connectivity index (χ1v) is 6.52. The number of benzene rings is 1. The fraction of sp³-hybridized carbons (Fsp3) is 0.467. The molecule has 2 unspecified atom stereocenters. The SMILES string of the molecule is CC(C)(C)C(=O)c1ccc2c(c1)OC(C(F)C(F)F)C=N2. The Kier molecular flexibility index (Phi) is 4.07. The molecule has 2 atom stereocenters. The number of aliphatic imine (C=N–C) groups is 1. The number of carbonyl (C=O) groups excluding carboxylic acids is 1. The lowest BCUT2D eigenvalue weighted by atomic mass is 9.86. The standard InChI is InChI=1S/C15H16F3NO2/c1-15(2,3)13(20)8-4-5-9-10(6-8)21-11(7-19-9)12(16)14(17)18/h4-7,11-12,14H,1-3H3. The van der Waals surface area contributed by atoms with E-state index >= 15 is 0 Å². The zero-order valence-electron chi connectivity index (χ0n) is 11.9. The molecule has 0 aromatic heterocycles. The predicted molar refractivity (Wildman–Crippen MR) is 73.7 cm³/mol. The van der Waals surface area contributed by atoms with Crippen LogP contribution in [0, 0.1) is 5.41 Å². The van der Waals surface area contributed by atoms with Crippen molar-refractivity contribution in [1.29, 1.82) is 0 Å². The highest BCUT2D eigenvalue weighted by Crippen LogP contribution is 2.35. The topological polar surface area (TPSA) is 38.7 Å². The summed E-state index contributed by atoms with van der Waals surface area (Å²) in [5, 5.41) is 0. The number of nitrogens with zero attached hydrogens (tertiary/aromatic N) is 1. The number of Topliss-reactive ketones (excluding diaryl/α,β-unsaturated/α-hetero) is 1. The molecule has 0 N–H and O–H groups in total. The average Bonchev–Trinajstić information content (AvgIpc) is 2.43. The van der Waals surface area contributed by atoms with Crippen LogP contribution in [0.4, 0.5) is 18.9 Å². The molecule has 0 bridgehead atoms. The Balaban J connectivity index is 2.28. The molecule has 0 spiro atoms. The molecule has 6 heteroatoms. The minimum atomic E-state index is -3.15. The Morgan fingerprint density at radius 2 is 1.95 bits per heavy atom. The van der Waals surface area contributed by atoms with Crippen LogP contribution in [0.5, 0.6) is 5.75 Å². The van der Waals surface area contributed by atoms with E-state index in [0.29, 0.717) is 11.3 Å². The van der Waals surface area contributed by atoms with Gasteiger partial charge in [0, 0.05) is 17.2 Å². The lowest BCUT2D eigenvalue weighted by Crippen LogP contribution is -2.36. The van der Waals surface area contributed by atoms with Gasteiger partial charge in [-0.15, -0.1) is 0 Å². The van der Waals surface area contributed by atoms with Crippen molar-refractivity contribution in [2.45, 2.75) is 39.5 Å². The first-order valence-electron chi connectivity index (χ1n) is 6.52. The fourth-order valence-corrected chi connectivity index (χ4v) is 1.91. The van der Waals surface area contributed by atoms with E-state index in [9.17, 15) is 18.0 Å². The van der Waals surface area contributed by atoms with Crippen molar-refractivity contribution in [2.24, 2.45) is 10.4 Å². The lowest BCUT2D eigenvalue weighted by molar-refractivity contribution is 0.00572. The molecule has 114 valence electrons. The molecule has 1 aromatic rings. The van der Waals surface area contributed by atoms with Crippen molar-refractivity contribution >= 4 is 17.7 Å². The largest absolute Gasteiger partial charge is 0.479 e. The van der Waals surface area contributed by atoms with Crippen LogP contribution < -0.4 is 4.74 Å². The second-order valence-electron chi connectivity index (χ2n) is 5.90. The van der Waals surface area contributed by atoms with Gasteiger partial charge < -0.3 is 4.74 Å². The number of halogens is 3. The summed E-state index contributed by atoms with van der Waals surface area (Å²) in [5.41, 5.74) is 0.180. The molecule has 2 rings (SSSR count). The number of alkyl halides is 3. The molecule has 21 heavy (non-hydrogen) atoms. The van der Waals surface area contributed by atoms with Gasteiger partial charge in [-0.05, 0) is 18.2 Å². The van der Waals surface area contributed by atoms with Crippen LogP contribution in [0.1, 0.15) is 31.1 Å². The van der Waals surface area contributed by atoms with E-state index in [-0.39, 0.29) is 11.5 Å². The Hall–Kier alpha value is -1.85. The van der Waals surface area contributed by atoms with E-state index in [2.05, 4.69) is 4.99 Å². The quantitative estimate of drug-likeness (QED) is 0.792. The second kappa shape index (κ2) is 5.50. The van der Waals surface area contributed by atoms with Crippen LogP contribution in [-0.2, 0) is 0 Å².